The van der Waals surface area contributed by atoms with Crippen molar-refractivity contribution >= 4 is 22.5 Å². The lowest BCUT2D eigenvalue weighted by atomic mass is 10.2. The lowest BCUT2D eigenvalue weighted by Gasteiger charge is -2.12. The van der Waals surface area contributed by atoms with Gasteiger partial charge in [-0.05, 0) is 31.4 Å². The van der Waals surface area contributed by atoms with E-state index in [1.54, 1.807) is 0 Å². The van der Waals surface area contributed by atoms with Gasteiger partial charge in [-0.3, -0.25) is 4.79 Å². The number of nitrogens with zero attached hydrogens (tertiary/aromatic N) is 3. The fourth-order valence-corrected chi connectivity index (χ4v) is 2.57. The van der Waals surface area contributed by atoms with Crippen LogP contribution in [0.3, 0.4) is 0 Å². The zero-order valence-electron chi connectivity index (χ0n) is 13.3. The number of benzene rings is 1. The molecule has 0 unspecified atom stereocenters. The SMILES string of the molecule is COc1nc(C)c(NC(=O)Cn2ccc3ccccc32)c(C)n1. The zero-order valence-corrected chi connectivity index (χ0v) is 13.3. The number of carbonyl (C=O) groups is 1. The first-order chi connectivity index (χ1) is 11.1. The van der Waals surface area contributed by atoms with Crippen molar-refractivity contribution in [3.8, 4) is 6.01 Å². The normalized spacial score (nSPS) is 10.7. The van der Waals surface area contributed by atoms with E-state index in [4.69, 9.17) is 4.74 Å². The van der Waals surface area contributed by atoms with Gasteiger partial charge < -0.3 is 14.6 Å². The van der Waals surface area contributed by atoms with Gasteiger partial charge in [-0.15, -0.1) is 0 Å². The van der Waals surface area contributed by atoms with Crippen molar-refractivity contribution in [2.45, 2.75) is 20.4 Å². The highest BCUT2D eigenvalue weighted by Gasteiger charge is 2.13. The van der Waals surface area contributed by atoms with E-state index in [1.165, 1.54) is 7.11 Å². The minimum absolute atomic E-state index is 0.119. The van der Waals surface area contributed by atoms with Crippen LogP contribution in [0.2, 0.25) is 0 Å². The van der Waals surface area contributed by atoms with E-state index in [9.17, 15) is 4.79 Å². The van der Waals surface area contributed by atoms with Crippen LogP contribution in [0.5, 0.6) is 6.01 Å². The van der Waals surface area contributed by atoms with Gasteiger partial charge in [0.05, 0.1) is 24.2 Å². The number of carbonyl (C=O) groups excluding carboxylic acids is 1. The van der Waals surface area contributed by atoms with Crippen molar-refractivity contribution in [3.63, 3.8) is 0 Å². The van der Waals surface area contributed by atoms with Crippen LogP contribution in [0.1, 0.15) is 11.4 Å². The first-order valence-electron chi connectivity index (χ1n) is 7.31. The Balaban J connectivity index is 1.80. The summed E-state index contributed by atoms with van der Waals surface area (Å²) in [5.74, 6) is -0.119. The number of rotatable bonds is 4. The van der Waals surface area contributed by atoms with E-state index >= 15 is 0 Å². The molecule has 118 valence electrons. The van der Waals surface area contributed by atoms with Gasteiger partial charge >= 0.3 is 6.01 Å². The molecule has 0 saturated carbocycles. The van der Waals surface area contributed by atoms with E-state index in [0.29, 0.717) is 23.1 Å². The maximum Gasteiger partial charge on any atom is 0.316 e. The second kappa shape index (κ2) is 6.08. The summed E-state index contributed by atoms with van der Waals surface area (Å²) in [5.41, 5.74) is 3.02. The Hall–Kier alpha value is -2.89. The summed E-state index contributed by atoms with van der Waals surface area (Å²) in [6.07, 6.45) is 1.91. The summed E-state index contributed by atoms with van der Waals surface area (Å²) >= 11 is 0. The van der Waals surface area contributed by atoms with Gasteiger partial charge in [-0.1, -0.05) is 18.2 Å². The van der Waals surface area contributed by atoms with Gasteiger partial charge in [-0.25, -0.2) is 0 Å². The molecule has 3 rings (SSSR count). The molecule has 1 N–H and O–H groups in total. The van der Waals surface area contributed by atoms with Gasteiger partial charge in [-0.2, -0.15) is 9.97 Å². The number of methoxy groups -OCH3 is 1. The molecule has 0 saturated heterocycles. The Bertz CT molecular complexity index is 847. The summed E-state index contributed by atoms with van der Waals surface area (Å²) in [5, 5.41) is 4.00. The Labute approximate surface area is 134 Å². The summed E-state index contributed by atoms with van der Waals surface area (Å²) in [6.45, 7) is 3.87. The highest BCUT2D eigenvalue weighted by atomic mass is 16.5. The number of para-hydroxylation sites is 1. The van der Waals surface area contributed by atoms with Crippen molar-refractivity contribution < 1.29 is 9.53 Å². The molecule has 0 aliphatic carbocycles. The third kappa shape index (κ3) is 3.01. The molecule has 2 aromatic heterocycles. The minimum atomic E-state index is -0.119. The number of ether oxygens (including phenoxy) is 1. The quantitative estimate of drug-likeness (QED) is 0.804. The number of aromatic nitrogens is 3. The standard InChI is InChI=1S/C17H18N4O2/c1-11-16(12(2)19-17(18-11)23-3)20-15(22)10-21-9-8-13-6-4-5-7-14(13)21/h4-9H,10H2,1-3H3,(H,20,22). The molecule has 0 fully saturated rings. The second-order valence-corrected chi connectivity index (χ2v) is 5.31. The topological polar surface area (TPSA) is 69.0 Å². The van der Waals surface area contributed by atoms with E-state index in [-0.39, 0.29) is 12.5 Å². The highest BCUT2D eigenvalue weighted by Crippen LogP contribution is 2.20. The molecule has 1 aromatic carbocycles. The summed E-state index contributed by atoms with van der Waals surface area (Å²) in [4.78, 5) is 20.8. The zero-order chi connectivity index (χ0) is 16.4. The molecule has 0 aliphatic heterocycles. The Kier molecular flexibility index (Phi) is 3.97. The predicted molar refractivity (Wildman–Crippen MR) is 88.6 cm³/mol. The molecule has 1 amide bonds. The van der Waals surface area contributed by atoms with Crippen LogP contribution in [-0.2, 0) is 11.3 Å². The number of aryl methyl sites for hydroxylation is 2. The summed E-state index contributed by atoms with van der Waals surface area (Å²) < 4.78 is 6.95. The molecule has 0 aliphatic rings. The number of fused-ring (bicyclic) bond motifs is 1. The Morgan fingerprint density at radius 2 is 1.87 bits per heavy atom. The molecule has 6 heteroatoms. The molecular formula is C17H18N4O2. The molecule has 0 radical (unpaired) electrons. The number of amides is 1. The van der Waals surface area contributed by atoms with Crippen LogP contribution in [-0.4, -0.2) is 27.6 Å². The minimum Gasteiger partial charge on any atom is -0.467 e. The van der Waals surface area contributed by atoms with E-state index in [2.05, 4.69) is 15.3 Å². The maximum atomic E-state index is 12.4. The average molecular weight is 310 g/mol. The van der Waals surface area contributed by atoms with Crippen LogP contribution in [0, 0.1) is 13.8 Å². The molecule has 0 atom stereocenters. The third-order valence-corrected chi connectivity index (χ3v) is 3.69. The van der Waals surface area contributed by atoms with Crippen molar-refractivity contribution in [2.75, 3.05) is 12.4 Å². The predicted octanol–water partition coefficient (Wildman–Crippen LogP) is 2.70. The second-order valence-electron chi connectivity index (χ2n) is 5.31. The van der Waals surface area contributed by atoms with Crippen molar-refractivity contribution in [1.29, 1.82) is 0 Å². The Morgan fingerprint density at radius 3 is 2.57 bits per heavy atom. The van der Waals surface area contributed by atoms with E-state index < -0.39 is 0 Å². The van der Waals surface area contributed by atoms with Gasteiger partial charge in [0.15, 0.2) is 0 Å². The number of anilines is 1. The third-order valence-electron chi connectivity index (χ3n) is 3.69. The van der Waals surface area contributed by atoms with Crippen LogP contribution >= 0.6 is 0 Å². The molecule has 0 spiro atoms. The van der Waals surface area contributed by atoms with Crippen LogP contribution in [0.25, 0.3) is 10.9 Å². The van der Waals surface area contributed by atoms with E-state index in [1.807, 2.05) is 54.9 Å². The van der Waals surface area contributed by atoms with Crippen molar-refractivity contribution in [2.24, 2.45) is 0 Å². The molecule has 0 bridgehead atoms. The smallest absolute Gasteiger partial charge is 0.316 e. The summed E-state index contributed by atoms with van der Waals surface area (Å²) in [7, 11) is 1.52. The number of hydrogen-bond acceptors (Lipinski definition) is 4. The fraction of sp³-hybridized carbons (Fsp3) is 0.235. The average Bonchev–Trinajstić information content (AvgIpc) is 2.94. The lowest BCUT2D eigenvalue weighted by Crippen LogP contribution is -2.20. The van der Waals surface area contributed by atoms with Gasteiger partial charge in [0.1, 0.15) is 6.54 Å². The highest BCUT2D eigenvalue weighted by molar-refractivity contribution is 5.93. The van der Waals surface area contributed by atoms with Gasteiger partial charge in [0.2, 0.25) is 5.91 Å². The fourth-order valence-electron chi connectivity index (χ4n) is 2.57. The molecule has 23 heavy (non-hydrogen) atoms. The lowest BCUT2D eigenvalue weighted by molar-refractivity contribution is -0.116. The van der Waals surface area contributed by atoms with Crippen molar-refractivity contribution in [1.82, 2.24) is 14.5 Å². The monoisotopic (exact) mass is 310 g/mol. The maximum absolute atomic E-state index is 12.4. The van der Waals surface area contributed by atoms with Gasteiger partial charge in [0, 0.05) is 11.7 Å². The van der Waals surface area contributed by atoms with Crippen LogP contribution in [0.15, 0.2) is 36.5 Å². The van der Waals surface area contributed by atoms with Crippen LogP contribution in [0.4, 0.5) is 5.69 Å². The first kappa shape index (κ1) is 15.0. The largest absolute Gasteiger partial charge is 0.467 e. The number of nitrogens with one attached hydrogen (secondary N) is 1. The molecule has 2 heterocycles. The van der Waals surface area contributed by atoms with Crippen LogP contribution < -0.4 is 10.1 Å². The first-order valence-corrected chi connectivity index (χ1v) is 7.31. The summed E-state index contributed by atoms with van der Waals surface area (Å²) in [6, 6.07) is 10.3. The molecular weight excluding hydrogens is 292 g/mol. The number of hydrogen-bond donors (Lipinski definition) is 1. The Morgan fingerprint density at radius 1 is 1.17 bits per heavy atom. The molecule has 3 aromatic rings. The molecule has 6 nitrogen and oxygen atoms in total. The van der Waals surface area contributed by atoms with E-state index in [0.717, 1.165) is 10.9 Å². The van der Waals surface area contributed by atoms with Crippen molar-refractivity contribution in [3.05, 3.63) is 47.9 Å². The van der Waals surface area contributed by atoms with Gasteiger partial charge in [0.25, 0.3) is 0 Å².